The molecule has 8 nitrogen and oxygen atoms in total. The molecule has 0 unspecified atom stereocenters. The molecule has 0 bridgehead atoms. The van der Waals surface area contributed by atoms with E-state index in [4.69, 9.17) is 9.47 Å². The molecule has 0 radical (unpaired) electrons. The third kappa shape index (κ3) is 5.07. The van der Waals surface area contributed by atoms with E-state index in [1.54, 1.807) is 16.0 Å². The van der Waals surface area contributed by atoms with Crippen LogP contribution in [0.4, 0.5) is 0 Å². The van der Waals surface area contributed by atoms with E-state index in [0.29, 0.717) is 30.7 Å². The zero-order valence-corrected chi connectivity index (χ0v) is 17.5. The summed E-state index contributed by atoms with van der Waals surface area (Å²) < 4.78 is 12.9. The van der Waals surface area contributed by atoms with Crippen molar-refractivity contribution in [2.24, 2.45) is 0 Å². The van der Waals surface area contributed by atoms with Crippen LogP contribution in [-0.2, 0) is 17.8 Å². The minimum Gasteiger partial charge on any atom is -0.486 e. The monoisotopic (exact) mass is 431 g/mol. The Morgan fingerprint density at radius 1 is 1.31 bits per heavy atom. The lowest BCUT2D eigenvalue weighted by Crippen LogP contribution is -2.28. The predicted molar refractivity (Wildman–Crippen MR) is 111 cm³/mol. The van der Waals surface area contributed by atoms with Crippen molar-refractivity contribution >= 4 is 29.0 Å². The minimum atomic E-state index is -0.145. The molecule has 152 valence electrons. The number of ether oxygens (including phenoxy) is 2. The van der Waals surface area contributed by atoms with Gasteiger partial charge in [0.15, 0.2) is 11.5 Å². The van der Waals surface area contributed by atoms with Crippen LogP contribution >= 0.6 is 23.1 Å². The highest BCUT2D eigenvalue weighted by Gasteiger charge is 2.17. The molecule has 2 aromatic heterocycles. The third-order valence-corrected chi connectivity index (χ3v) is 6.32. The average molecular weight is 432 g/mol. The fourth-order valence-electron chi connectivity index (χ4n) is 2.94. The fourth-order valence-corrected chi connectivity index (χ4v) is 4.35. The van der Waals surface area contributed by atoms with Crippen LogP contribution in [0.1, 0.15) is 23.4 Å². The number of thiophene rings is 1. The zero-order chi connectivity index (χ0) is 20.1. The molecule has 0 saturated heterocycles. The quantitative estimate of drug-likeness (QED) is 0.548. The van der Waals surface area contributed by atoms with Gasteiger partial charge in [-0.2, -0.15) is 0 Å². The van der Waals surface area contributed by atoms with Gasteiger partial charge < -0.3 is 14.8 Å². The number of thioether (sulfide) groups is 1. The van der Waals surface area contributed by atoms with Crippen molar-refractivity contribution in [3.8, 4) is 11.5 Å². The maximum atomic E-state index is 12.4. The lowest BCUT2D eigenvalue weighted by atomic mass is 10.1. The molecule has 0 fully saturated rings. The molecule has 1 atom stereocenters. The van der Waals surface area contributed by atoms with E-state index in [1.807, 2.05) is 31.2 Å². The van der Waals surface area contributed by atoms with E-state index in [2.05, 4.69) is 32.3 Å². The van der Waals surface area contributed by atoms with Crippen LogP contribution in [-0.4, -0.2) is 45.1 Å². The maximum Gasteiger partial charge on any atom is 0.230 e. The summed E-state index contributed by atoms with van der Waals surface area (Å²) in [6, 6.07) is 9.71. The Hall–Kier alpha value is -2.59. The Bertz CT molecular complexity index is 961. The zero-order valence-electron chi connectivity index (χ0n) is 15.9. The van der Waals surface area contributed by atoms with Gasteiger partial charge in [-0.1, -0.05) is 23.9 Å². The van der Waals surface area contributed by atoms with Gasteiger partial charge in [-0.05, 0) is 46.5 Å². The SMILES string of the molecule is C[C@H](NC(=O)CSc1nnnn1CCc1cccs1)c1ccc2c(c1)OCCO2. The number of tetrazole rings is 1. The first kappa shape index (κ1) is 19.7. The summed E-state index contributed by atoms with van der Waals surface area (Å²) in [7, 11) is 0. The summed E-state index contributed by atoms with van der Waals surface area (Å²) in [4.78, 5) is 13.7. The Kier molecular flexibility index (Phi) is 6.30. The third-order valence-electron chi connectivity index (χ3n) is 4.43. The maximum absolute atomic E-state index is 12.4. The van der Waals surface area contributed by atoms with Gasteiger partial charge in [0.2, 0.25) is 11.1 Å². The Balaban J connectivity index is 1.28. The number of rotatable bonds is 8. The molecule has 1 aromatic carbocycles. The molecule has 4 rings (SSSR count). The molecule has 0 spiro atoms. The van der Waals surface area contributed by atoms with Crippen molar-refractivity contribution in [2.45, 2.75) is 31.1 Å². The molecule has 0 saturated carbocycles. The molecule has 1 amide bonds. The number of hydrogen-bond donors (Lipinski definition) is 1. The normalized spacial score (nSPS) is 13.8. The first-order valence-corrected chi connectivity index (χ1v) is 11.2. The number of aromatic nitrogens is 4. The Morgan fingerprint density at radius 3 is 3.00 bits per heavy atom. The number of amides is 1. The summed E-state index contributed by atoms with van der Waals surface area (Å²) >= 11 is 3.05. The summed E-state index contributed by atoms with van der Waals surface area (Å²) in [5, 5.41) is 17.5. The minimum absolute atomic E-state index is 0.0785. The molecule has 3 aromatic rings. The van der Waals surface area contributed by atoms with E-state index < -0.39 is 0 Å². The van der Waals surface area contributed by atoms with E-state index in [9.17, 15) is 4.79 Å². The van der Waals surface area contributed by atoms with E-state index in [-0.39, 0.29) is 17.7 Å². The molecule has 1 N–H and O–H groups in total. The van der Waals surface area contributed by atoms with Crippen LogP contribution in [0.2, 0.25) is 0 Å². The smallest absolute Gasteiger partial charge is 0.230 e. The summed E-state index contributed by atoms with van der Waals surface area (Å²) in [6.07, 6.45) is 0.865. The second-order valence-corrected chi connectivity index (χ2v) is 8.47. The number of hydrogen-bond acceptors (Lipinski definition) is 8. The second kappa shape index (κ2) is 9.27. The van der Waals surface area contributed by atoms with Crippen LogP contribution < -0.4 is 14.8 Å². The van der Waals surface area contributed by atoms with Crippen LogP contribution in [0.5, 0.6) is 11.5 Å². The molecule has 3 heterocycles. The van der Waals surface area contributed by atoms with Crippen molar-refractivity contribution in [2.75, 3.05) is 19.0 Å². The largest absolute Gasteiger partial charge is 0.486 e. The van der Waals surface area contributed by atoms with Crippen LogP contribution in [0.15, 0.2) is 40.9 Å². The van der Waals surface area contributed by atoms with Crippen molar-refractivity contribution < 1.29 is 14.3 Å². The lowest BCUT2D eigenvalue weighted by molar-refractivity contribution is -0.119. The number of carbonyl (C=O) groups is 1. The highest BCUT2D eigenvalue weighted by atomic mass is 32.2. The number of carbonyl (C=O) groups excluding carboxylic acids is 1. The van der Waals surface area contributed by atoms with Crippen molar-refractivity contribution in [3.63, 3.8) is 0 Å². The Labute approximate surface area is 176 Å². The van der Waals surface area contributed by atoms with Gasteiger partial charge in [-0.15, -0.1) is 16.4 Å². The molecule has 1 aliphatic heterocycles. The molecule has 10 heteroatoms. The first-order valence-electron chi connectivity index (χ1n) is 9.29. The van der Waals surface area contributed by atoms with Crippen LogP contribution in [0, 0.1) is 0 Å². The molecular weight excluding hydrogens is 410 g/mol. The number of fused-ring (bicyclic) bond motifs is 1. The second-order valence-electron chi connectivity index (χ2n) is 6.49. The van der Waals surface area contributed by atoms with Crippen LogP contribution in [0.3, 0.4) is 0 Å². The van der Waals surface area contributed by atoms with Gasteiger partial charge >= 0.3 is 0 Å². The number of benzene rings is 1. The van der Waals surface area contributed by atoms with E-state index in [1.165, 1.54) is 16.6 Å². The van der Waals surface area contributed by atoms with Crippen molar-refractivity contribution in [1.82, 2.24) is 25.5 Å². The molecule has 29 heavy (non-hydrogen) atoms. The average Bonchev–Trinajstić information content (AvgIpc) is 3.42. The number of nitrogens with zero attached hydrogens (tertiary/aromatic N) is 4. The van der Waals surface area contributed by atoms with Crippen LogP contribution in [0.25, 0.3) is 0 Å². The van der Waals surface area contributed by atoms with Gasteiger partial charge in [0.05, 0.1) is 18.3 Å². The highest BCUT2D eigenvalue weighted by molar-refractivity contribution is 7.99. The van der Waals surface area contributed by atoms with Crippen molar-refractivity contribution in [1.29, 1.82) is 0 Å². The predicted octanol–water partition coefficient (Wildman–Crippen LogP) is 2.72. The first-order chi connectivity index (χ1) is 14.2. The lowest BCUT2D eigenvalue weighted by Gasteiger charge is -2.21. The fraction of sp³-hybridized carbons (Fsp3) is 0.368. The summed E-state index contributed by atoms with van der Waals surface area (Å²) in [5.74, 6) is 1.62. The van der Waals surface area contributed by atoms with Gasteiger partial charge in [-0.25, -0.2) is 4.68 Å². The van der Waals surface area contributed by atoms with Gasteiger partial charge in [0.25, 0.3) is 0 Å². The standard InChI is InChI=1S/C19H21N5O3S2/c1-13(14-4-5-16-17(11-14)27-9-8-26-16)20-18(25)12-29-19-21-22-23-24(19)7-6-15-3-2-10-28-15/h2-5,10-11,13H,6-9,12H2,1H3,(H,20,25)/t13-/m0/s1. The topological polar surface area (TPSA) is 91.2 Å². The highest BCUT2D eigenvalue weighted by Crippen LogP contribution is 2.32. The van der Waals surface area contributed by atoms with Gasteiger partial charge in [0.1, 0.15) is 13.2 Å². The van der Waals surface area contributed by atoms with Gasteiger partial charge in [-0.3, -0.25) is 4.79 Å². The van der Waals surface area contributed by atoms with E-state index in [0.717, 1.165) is 17.7 Å². The molecular formula is C19H21N5O3S2. The van der Waals surface area contributed by atoms with E-state index >= 15 is 0 Å². The Morgan fingerprint density at radius 2 is 2.17 bits per heavy atom. The molecule has 0 aliphatic carbocycles. The summed E-state index contributed by atoms with van der Waals surface area (Å²) in [6.45, 7) is 3.72. The van der Waals surface area contributed by atoms with Gasteiger partial charge in [0, 0.05) is 11.3 Å². The summed E-state index contributed by atoms with van der Waals surface area (Å²) in [5.41, 5.74) is 0.966. The molecule has 1 aliphatic rings. The number of nitrogens with one attached hydrogen (secondary N) is 1. The number of aryl methyl sites for hydroxylation is 2. The van der Waals surface area contributed by atoms with Crippen molar-refractivity contribution in [3.05, 3.63) is 46.2 Å².